The molecule has 2 aromatic carbocycles. The first kappa shape index (κ1) is 20.4. The van der Waals surface area contributed by atoms with E-state index in [0.717, 1.165) is 60.1 Å². The van der Waals surface area contributed by atoms with E-state index in [1.54, 1.807) is 7.11 Å². The number of nitrogens with zero attached hydrogens (tertiary/aromatic N) is 4. The number of hydrogen-bond acceptors (Lipinski definition) is 6. The van der Waals surface area contributed by atoms with E-state index in [0.29, 0.717) is 0 Å². The van der Waals surface area contributed by atoms with Crippen molar-refractivity contribution in [2.45, 2.75) is 36.8 Å². The highest BCUT2D eigenvalue weighted by molar-refractivity contribution is 7.99. The molecule has 1 spiro atoms. The second-order valence-electron chi connectivity index (χ2n) is 8.66. The number of rotatable bonds is 3. The number of aryl methyl sites for hydroxylation is 1. The van der Waals surface area contributed by atoms with Crippen LogP contribution < -0.4 is 4.74 Å². The molecule has 1 aromatic heterocycles. The number of aromatic nitrogens is 2. The summed E-state index contributed by atoms with van der Waals surface area (Å²) in [6.45, 7) is 2.94. The molecular weight excluding hydrogens is 432 g/mol. The molecule has 3 aromatic rings. The summed E-state index contributed by atoms with van der Waals surface area (Å²) in [6, 6.07) is 14.9. The van der Waals surface area contributed by atoms with Gasteiger partial charge in [-0.25, -0.2) is 4.98 Å². The summed E-state index contributed by atoms with van der Waals surface area (Å²) in [5.41, 5.74) is 5.01. The highest BCUT2D eigenvalue weighted by Crippen LogP contribution is 2.49. The van der Waals surface area contributed by atoms with Crippen LogP contribution in [0.1, 0.15) is 36.1 Å². The molecule has 7 heteroatoms. The molecule has 33 heavy (non-hydrogen) atoms. The van der Waals surface area contributed by atoms with E-state index in [9.17, 15) is 0 Å². The Hall–Kier alpha value is -3.19. The van der Waals surface area contributed by atoms with Crippen LogP contribution in [-0.2, 0) is 10.6 Å². The lowest BCUT2D eigenvalue weighted by molar-refractivity contribution is -0.112. The molecule has 0 radical (unpaired) electrons. The molecule has 0 amide bonds. The van der Waals surface area contributed by atoms with Gasteiger partial charge in [0.1, 0.15) is 5.75 Å². The molecule has 1 atom stereocenters. The largest absolute Gasteiger partial charge is 0.495 e. The lowest BCUT2D eigenvalue weighted by atomic mass is 9.92. The van der Waals surface area contributed by atoms with E-state index in [1.807, 2.05) is 35.8 Å². The van der Waals surface area contributed by atoms with Gasteiger partial charge in [-0.2, -0.15) is 0 Å². The van der Waals surface area contributed by atoms with Gasteiger partial charge in [-0.15, -0.1) is 11.8 Å². The van der Waals surface area contributed by atoms with Gasteiger partial charge in [-0.3, -0.25) is 0 Å². The Morgan fingerprint density at radius 2 is 2.12 bits per heavy atom. The summed E-state index contributed by atoms with van der Waals surface area (Å²) in [5, 5.41) is 4.64. The zero-order valence-corrected chi connectivity index (χ0v) is 19.6. The fourth-order valence-corrected chi connectivity index (χ4v) is 6.22. The average molecular weight is 459 g/mol. The Balaban J connectivity index is 1.34. The fraction of sp³-hybridized carbons (Fsp3) is 0.308. The van der Waals surface area contributed by atoms with E-state index < -0.39 is 5.72 Å². The molecule has 0 bridgehead atoms. The minimum atomic E-state index is -0.475. The van der Waals surface area contributed by atoms with Crippen LogP contribution in [0, 0.1) is 6.92 Å². The number of benzene rings is 2. The van der Waals surface area contributed by atoms with Crippen LogP contribution in [0.25, 0.3) is 11.8 Å². The minimum Gasteiger partial charge on any atom is -0.495 e. The first-order valence-corrected chi connectivity index (χ1v) is 12.3. The summed E-state index contributed by atoms with van der Waals surface area (Å²) in [6.07, 6.45) is 9.03. The van der Waals surface area contributed by atoms with Gasteiger partial charge in [-0.05, 0) is 55.2 Å². The zero-order chi connectivity index (χ0) is 22.4. The number of thioether (sulfide) groups is 1. The minimum absolute atomic E-state index is 0.475. The third-order valence-electron chi connectivity index (χ3n) is 6.63. The van der Waals surface area contributed by atoms with Crippen LogP contribution >= 0.6 is 11.8 Å². The predicted octanol–water partition coefficient (Wildman–Crippen LogP) is 5.36. The van der Waals surface area contributed by atoms with Gasteiger partial charge in [0.2, 0.25) is 5.72 Å². The van der Waals surface area contributed by atoms with E-state index in [1.165, 1.54) is 16.0 Å². The maximum absolute atomic E-state index is 6.27. The van der Waals surface area contributed by atoms with Crippen LogP contribution in [0.15, 0.2) is 70.6 Å². The second-order valence-corrected chi connectivity index (χ2v) is 9.80. The lowest BCUT2D eigenvalue weighted by Gasteiger charge is -2.42. The predicted molar refractivity (Wildman–Crippen MR) is 131 cm³/mol. The Morgan fingerprint density at radius 3 is 2.97 bits per heavy atom. The Labute approximate surface area is 197 Å². The maximum Gasteiger partial charge on any atom is 0.239 e. The molecule has 0 aliphatic carbocycles. The summed E-state index contributed by atoms with van der Waals surface area (Å²) in [4.78, 5) is 14.3. The van der Waals surface area contributed by atoms with Crippen molar-refractivity contribution in [3.05, 3.63) is 77.4 Å². The maximum atomic E-state index is 6.27. The molecule has 0 saturated carbocycles. The highest BCUT2D eigenvalue weighted by Gasteiger charge is 2.51. The number of piperidine rings is 1. The monoisotopic (exact) mass is 458 g/mol. The first-order valence-electron chi connectivity index (χ1n) is 11.3. The number of hydrogen-bond donors (Lipinski definition) is 0. The van der Waals surface area contributed by atoms with Crippen molar-refractivity contribution in [2.75, 3.05) is 19.4 Å². The summed E-state index contributed by atoms with van der Waals surface area (Å²) >= 11 is 1.90. The van der Waals surface area contributed by atoms with Crippen molar-refractivity contribution >= 4 is 23.7 Å². The number of ether oxygens (including phenoxy) is 1. The first-order chi connectivity index (χ1) is 16.2. The number of imidazole rings is 1. The van der Waals surface area contributed by atoms with E-state index in [-0.39, 0.29) is 0 Å². The van der Waals surface area contributed by atoms with Gasteiger partial charge >= 0.3 is 0 Å². The molecule has 0 N–H and O–H groups in total. The van der Waals surface area contributed by atoms with Crippen molar-refractivity contribution in [2.24, 2.45) is 5.16 Å². The summed E-state index contributed by atoms with van der Waals surface area (Å²) < 4.78 is 7.70. The normalized spacial score (nSPS) is 22.7. The van der Waals surface area contributed by atoms with Crippen molar-refractivity contribution in [1.29, 1.82) is 0 Å². The quantitative estimate of drug-likeness (QED) is 0.529. The molecule has 3 aliphatic rings. The van der Waals surface area contributed by atoms with E-state index in [2.05, 4.69) is 63.6 Å². The lowest BCUT2D eigenvalue weighted by Crippen LogP contribution is -2.50. The molecule has 1 unspecified atom stereocenters. The molecule has 6 rings (SSSR count). The molecule has 1 fully saturated rings. The van der Waals surface area contributed by atoms with Crippen molar-refractivity contribution in [1.82, 2.24) is 14.5 Å². The van der Waals surface area contributed by atoms with Crippen molar-refractivity contribution < 1.29 is 9.57 Å². The Bertz CT molecular complexity index is 1280. The summed E-state index contributed by atoms with van der Waals surface area (Å²) in [5.74, 6) is 2.81. The molecule has 3 aliphatic heterocycles. The summed E-state index contributed by atoms with van der Waals surface area (Å²) in [7, 11) is 1.71. The van der Waals surface area contributed by atoms with E-state index >= 15 is 0 Å². The topological polar surface area (TPSA) is 51.9 Å². The third kappa shape index (κ3) is 3.33. The molecule has 4 heterocycles. The van der Waals surface area contributed by atoms with Crippen molar-refractivity contribution in [3.8, 4) is 11.4 Å². The number of methoxy groups -OCH3 is 1. The second kappa shape index (κ2) is 7.99. The van der Waals surface area contributed by atoms with Crippen LogP contribution in [0.5, 0.6) is 5.75 Å². The molecule has 168 valence electrons. The van der Waals surface area contributed by atoms with Crippen LogP contribution in [0.3, 0.4) is 0 Å². The Kier molecular flexibility index (Phi) is 4.94. The number of amidine groups is 1. The number of fused-ring (bicyclic) bond motifs is 4. The fourth-order valence-electron chi connectivity index (χ4n) is 5.06. The standard InChI is InChI=1S/C26H26N4O2S/c1-18-16-29(17-27-18)22-10-9-19(15-23(22)31-2)14-20-6-5-12-30-25(20)28-32-26(30)11-13-33-24-8-4-3-7-21(24)26/h3-4,7-10,14-17H,5-6,11-13H2,1-2H3/b20-14+. The molecule has 1 saturated heterocycles. The van der Waals surface area contributed by atoms with Crippen LogP contribution in [0.4, 0.5) is 0 Å². The average Bonchev–Trinajstić information content (AvgIpc) is 3.44. The van der Waals surface area contributed by atoms with Crippen LogP contribution in [0.2, 0.25) is 0 Å². The van der Waals surface area contributed by atoms with Gasteiger partial charge in [-0.1, -0.05) is 29.4 Å². The van der Waals surface area contributed by atoms with Gasteiger partial charge in [0.15, 0.2) is 5.84 Å². The SMILES string of the molecule is COc1cc(/C=C2\CCCN3C2=NOC32CCSc3ccccc32)ccc1-n1cnc(C)c1. The number of oxime groups is 1. The van der Waals surface area contributed by atoms with Gasteiger partial charge < -0.3 is 19.0 Å². The molecule has 6 nitrogen and oxygen atoms in total. The van der Waals surface area contributed by atoms with Crippen LogP contribution in [-0.4, -0.2) is 39.7 Å². The Morgan fingerprint density at radius 1 is 1.21 bits per heavy atom. The van der Waals surface area contributed by atoms with Gasteiger partial charge in [0.25, 0.3) is 0 Å². The zero-order valence-electron chi connectivity index (χ0n) is 18.8. The highest BCUT2D eigenvalue weighted by atomic mass is 32.2. The molecular formula is C26H26N4O2S. The van der Waals surface area contributed by atoms with Gasteiger partial charge in [0, 0.05) is 35.4 Å². The van der Waals surface area contributed by atoms with Crippen molar-refractivity contribution in [3.63, 3.8) is 0 Å². The third-order valence-corrected chi connectivity index (χ3v) is 7.71. The smallest absolute Gasteiger partial charge is 0.239 e. The van der Waals surface area contributed by atoms with Gasteiger partial charge in [0.05, 0.1) is 24.8 Å². The van der Waals surface area contributed by atoms with E-state index in [4.69, 9.17) is 9.57 Å².